The molecule has 236 valence electrons. The highest BCUT2D eigenvalue weighted by Crippen LogP contribution is 2.42. The predicted molar refractivity (Wildman–Crippen MR) is 168 cm³/mol. The molecule has 1 aromatic heterocycles. The molecule has 1 saturated carbocycles. The van der Waals surface area contributed by atoms with Crippen molar-refractivity contribution in [2.45, 2.75) is 97.4 Å². The molecule has 10 heteroatoms. The zero-order valence-corrected chi connectivity index (χ0v) is 26.4. The summed E-state index contributed by atoms with van der Waals surface area (Å²) < 4.78 is 6.01. The minimum absolute atomic E-state index is 0.227. The molecule has 1 spiro atoms. The van der Waals surface area contributed by atoms with Gasteiger partial charge in [0.15, 0.2) is 6.10 Å². The molecule has 2 aliphatic heterocycles. The number of fused-ring (bicyclic) bond motifs is 4. The van der Waals surface area contributed by atoms with Gasteiger partial charge in [0.05, 0.1) is 22.7 Å². The molecule has 0 radical (unpaired) electrons. The summed E-state index contributed by atoms with van der Waals surface area (Å²) in [4.78, 5) is 58.9. The monoisotopic (exact) mass is 603 g/mol. The number of amides is 3. The fraction of sp³-hybridized carbons (Fsp3) is 0.559. The second-order valence-corrected chi connectivity index (χ2v) is 13.2. The van der Waals surface area contributed by atoms with Crippen LogP contribution in [0.2, 0.25) is 0 Å². The van der Waals surface area contributed by atoms with Crippen LogP contribution in [-0.4, -0.2) is 58.4 Å². The number of pyridine rings is 1. The van der Waals surface area contributed by atoms with Gasteiger partial charge < -0.3 is 15.4 Å². The quantitative estimate of drug-likeness (QED) is 0.417. The lowest BCUT2D eigenvalue weighted by Crippen LogP contribution is -2.61. The highest BCUT2D eigenvalue weighted by atomic mass is 16.5. The number of nitrogens with zero attached hydrogens (tertiary/aromatic N) is 2. The number of esters is 1. The van der Waals surface area contributed by atoms with Gasteiger partial charge in [-0.15, -0.1) is 0 Å². The summed E-state index contributed by atoms with van der Waals surface area (Å²) in [5.74, 6) is -1.34. The maximum Gasteiger partial charge on any atom is 0.316 e. The first-order valence-corrected chi connectivity index (χ1v) is 15.9. The van der Waals surface area contributed by atoms with Gasteiger partial charge in [-0.1, -0.05) is 51.1 Å². The molecule has 44 heavy (non-hydrogen) atoms. The van der Waals surface area contributed by atoms with E-state index >= 15 is 0 Å². The van der Waals surface area contributed by atoms with E-state index in [2.05, 4.69) is 23.0 Å². The Hall–Kier alpha value is -3.79. The maximum atomic E-state index is 14.0. The van der Waals surface area contributed by atoms with Crippen LogP contribution >= 0.6 is 0 Å². The van der Waals surface area contributed by atoms with Crippen LogP contribution in [0.15, 0.2) is 36.4 Å². The average molecular weight is 604 g/mol. The van der Waals surface area contributed by atoms with Gasteiger partial charge in [-0.25, -0.2) is 5.43 Å². The Balaban J connectivity index is 1.53. The Labute approximate surface area is 259 Å². The third-order valence-electron chi connectivity index (χ3n) is 9.30. The lowest BCUT2D eigenvalue weighted by Gasteiger charge is -2.37. The van der Waals surface area contributed by atoms with E-state index in [9.17, 15) is 19.2 Å². The number of hydrazine groups is 1. The van der Waals surface area contributed by atoms with Crippen molar-refractivity contribution in [2.24, 2.45) is 17.3 Å². The molecule has 3 N–H and O–H groups in total. The maximum absolute atomic E-state index is 14.0. The molecule has 3 aliphatic rings. The molecule has 1 aromatic carbocycles. The van der Waals surface area contributed by atoms with Gasteiger partial charge in [-0.3, -0.25) is 29.2 Å². The Kier molecular flexibility index (Phi) is 9.39. The number of aromatic nitrogens is 1. The number of hydrogen-bond acceptors (Lipinski definition) is 7. The Morgan fingerprint density at radius 2 is 1.64 bits per heavy atom. The van der Waals surface area contributed by atoms with Gasteiger partial charge in [0, 0.05) is 11.9 Å². The minimum atomic E-state index is -1.06. The van der Waals surface area contributed by atoms with Gasteiger partial charge in [0.25, 0.3) is 11.8 Å². The largest absolute Gasteiger partial charge is 0.451 e. The van der Waals surface area contributed by atoms with Crippen molar-refractivity contribution in [3.05, 3.63) is 47.7 Å². The highest BCUT2D eigenvalue weighted by molar-refractivity contribution is 5.92. The molecule has 3 heterocycles. The number of rotatable bonds is 1. The first-order valence-electron chi connectivity index (χ1n) is 15.9. The summed E-state index contributed by atoms with van der Waals surface area (Å²) in [5.41, 5.74) is 4.58. The van der Waals surface area contributed by atoms with Crippen LogP contribution in [0.25, 0.3) is 17.0 Å². The van der Waals surface area contributed by atoms with E-state index in [1.165, 1.54) is 5.01 Å². The molecule has 3 amide bonds. The third kappa shape index (κ3) is 6.80. The van der Waals surface area contributed by atoms with E-state index in [1.807, 2.05) is 63.3 Å². The van der Waals surface area contributed by atoms with Crippen molar-refractivity contribution in [1.29, 1.82) is 0 Å². The van der Waals surface area contributed by atoms with Crippen LogP contribution in [-0.2, 0) is 23.9 Å². The molecule has 5 rings (SSSR count). The van der Waals surface area contributed by atoms with Crippen LogP contribution in [0.5, 0.6) is 0 Å². The van der Waals surface area contributed by atoms with Crippen LogP contribution < -0.4 is 16.1 Å². The van der Waals surface area contributed by atoms with E-state index in [0.717, 1.165) is 35.0 Å². The van der Waals surface area contributed by atoms with Gasteiger partial charge in [0.1, 0.15) is 12.1 Å². The zero-order chi connectivity index (χ0) is 31.6. The molecule has 2 fully saturated rings. The number of nitrogens with one attached hydrogen (secondary N) is 3. The van der Waals surface area contributed by atoms with Crippen molar-refractivity contribution in [1.82, 2.24) is 26.1 Å². The fourth-order valence-electron chi connectivity index (χ4n) is 6.30. The highest BCUT2D eigenvalue weighted by Gasteiger charge is 2.43. The van der Waals surface area contributed by atoms with Gasteiger partial charge in [-0.05, 0) is 81.9 Å². The van der Waals surface area contributed by atoms with Gasteiger partial charge in [0.2, 0.25) is 5.91 Å². The molecule has 1 saturated heterocycles. The molecule has 2 unspecified atom stereocenters. The van der Waals surface area contributed by atoms with E-state index in [0.29, 0.717) is 38.1 Å². The number of cyclic esters (lactones) is 1. The summed E-state index contributed by atoms with van der Waals surface area (Å²) in [6.45, 7) is 9.73. The smallest absolute Gasteiger partial charge is 0.316 e. The molecule has 1 aliphatic carbocycles. The fourth-order valence-corrected chi connectivity index (χ4v) is 6.30. The molecule has 10 nitrogen and oxygen atoms in total. The standard InChI is InChI=1S/C34H45N5O5/c1-20(2)29-31(41)36-23(5)32(42)39-18-6-7-27(38-39)30(40)35-22(4)26-11-10-25-9-8-24(19-28(25)37-26)14-17-34(33(43)44-29)15-12-21(3)13-16-34/h8-11,14,17,19-23,27,29,38H,6-7,12-13,15-16,18H2,1-5H3,(H,35,40)(H,36,41)/b17-14+/t21?,22?,23-,27-,29?,34?/m0/s1. The number of ether oxygens (including phenoxy) is 1. The minimum Gasteiger partial charge on any atom is -0.451 e. The van der Waals surface area contributed by atoms with Crippen LogP contribution in [0, 0.1) is 17.3 Å². The number of carbonyl (C=O) groups is 4. The number of carbonyl (C=O) groups excluding carboxylic acids is 4. The van der Waals surface area contributed by atoms with E-state index in [1.54, 1.807) is 6.92 Å². The summed E-state index contributed by atoms with van der Waals surface area (Å²) in [6.07, 6.45) is 7.02. The van der Waals surface area contributed by atoms with Crippen molar-refractivity contribution in [3.8, 4) is 0 Å². The van der Waals surface area contributed by atoms with Gasteiger partial charge >= 0.3 is 5.97 Å². The summed E-state index contributed by atoms with van der Waals surface area (Å²) >= 11 is 0. The second kappa shape index (κ2) is 13.1. The number of benzene rings is 1. The third-order valence-corrected chi connectivity index (χ3v) is 9.30. The summed E-state index contributed by atoms with van der Waals surface area (Å²) in [7, 11) is 0. The molecule has 4 atom stereocenters. The van der Waals surface area contributed by atoms with Crippen molar-refractivity contribution < 1.29 is 23.9 Å². The molecular weight excluding hydrogens is 558 g/mol. The van der Waals surface area contributed by atoms with Crippen LogP contribution in [0.1, 0.15) is 90.4 Å². The molecular formula is C34H45N5O5. The van der Waals surface area contributed by atoms with Crippen molar-refractivity contribution >= 4 is 40.7 Å². The van der Waals surface area contributed by atoms with E-state index in [4.69, 9.17) is 9.72 Å². The lowest BCUT2D eigenvalue weighted by molar-refractivity contribution is -0.168. The van der Waals surface area contributed by atoms with Crippen molar-refractivity contribution in [3.63, 3.8) is 0 Å². The van der Waals surface area contributed by atoms with Gasteiger partial charge in [-0.2, -0.15) is 0 Å². The Morgan fingerprint density at radius 3 is 2.36 bits per heavy atom. The van der Waals surface area contributed by atoms with E-state index < -0.39 is 35.5 Å². The van der Waals surface area contributed by atoms with Crippen LogP contribution in [0.3, 0.4) is 0 Å². The normalized spacial score (nSPS) is 31.5. The van der Waals surface area contributed by atoms with Crippen LogP contribution in [0.4, 0.5) is 0 Å². The van der Waals surface area contributed by atoms with Crippen molar-refractivity contribution in [2.75, 3.05) is 6.54 Å². The Bertz CT molecular complexity index is 1450. The number of hydrogen-bond donors (Lipinski definition) is 3. The second-order valence-electron chi connectivity index (χ2n) is 13.2. The summed E-state index contributed by atoms with van der Waals surface area (Å²) in [5, 5.41) is 8.18. The van der Waals surface area contributed by atoms with E-state index in [-0.39, 0.29) is 23.8 Å². The SMILES string of the molecule is CC1CCC2(/C=C/c3ccc4ccc(nc4c3)C(C)NC(=O)[C@@H]3CCCN(N3)C(=O)[C@H](C)NC(=O)C(C(C)C)OC2=O)CC1. The first kappa shape index (κ1) is 31.6. The molecule has 2 aromatic rings. The predicted octanol–water partition coefficient (Wildman–Crippen LogP) is 4.20. The zero-order valence-electron chi connectivity index (χ0n) is 26.4. The lowest BCUT2D eigenvalue weighted by atomic mass is 9.70. The topological polar surface area (TPSA) is 130 Å². The Morgan fingerprint density at radius 1 is 0.932 bits per heavy atom. The summed E-state index contributed by atoms with van der Waals surface area (Å²) in [6, 6.07) is 8.01. The first-order chi connectivity index (χ1) is 21.0. The molecule has 5 bridgehead atoms. The average Bonchev–Trinajstić information content (AvgIpc) is 3.01.